The van der Waals surface area contributed by atoms with Crippen LogP contribution in [0.1, 0.15) is 10.4 Å². The first-order valence-corrected chi connectivity index (χ1v) is 10.00. The van der Waals surface area contributed by atoms with Gasteiger partial charge in [0.05, 0.1) is 5.56 Å². The average molecular weight is 439 g/mol. The van der Waals surface area contributed by atoms with Crippen molar-refractivity contribution in [2.24, 2.45) is 5.73 Å². The minimum atomic E-state index is -4.18. The Hall–Kier alpha value is -2.23. The van der Waals surface area contributed by atoms with Crippen molar-refractivity contribution in [1.29, 1.82) is 0 Å². The molecular weight excluding hydrogens is 428 g/mol. The van der Waals surface area contributed by atoms with Crippen LogP contribution < -0.4 is 9.92 Å². The van der Waals surface area contributed by atoms with Gasteiger partial charge in [0.15, 0.2) is 5.75 Å². The van der Waals surface area contributed by atoms with Crippen molar-refractivity contribution in [3.8, 4) is 16.3 Å². The van der Waals surface area contributed by atoms with Crippen molar-refractivity contribution in [2.45, 2.75) is 5.03 Å². The van der Waals surface area contributed by atoms with Crippen LogP contribution in [0, 0.1) is 0 Å². The van der Waals surface area contributed by atoms with Crippen molar-refractivity contribution >= 4 is 43.3 Å². The van der Waals surface area contributed by atoms with Gasteiger partial charge in [0.2, 0.25) is 5.03 Å². The van der Waals surface area contributed by atoms with E-state index in [1.54, 1.807) is 12.1 Å². The first kappa shape index (κ1) is 17.6. The number of nitrogens with zero attached hydrogens (tertiary/aromatic N) is 1. The molecule has 25 heavy (non-hydrogen) atoms. The third kappa shape index (κ3) is 3.89. The molecule has 0 saturated carbocycles. The molecule has 0 spiro atoms. The largest absolute Gasteiger partial charge is 0.377 e. The molecule has 0 aliphatic heterocycles. The molecule has 0 atom stereocenters. The molecule has 3 rings (SSSR count). The monoisotopic (exact) mass is 438 g/mol. The van der Waals surface area contributed by atoms with Gasteiger partial charge in [0.25, 0.3) is 5.91 Å². The van der Waals surface area contributed by atoms with Crippen molar-refractivity contribution in [3.63, 3.8) is 0 Å². The number of carbonyl (C=O) groups is 1. The van der Waals surface area contributed by atoms with Gasteiger partial charge in [0, 0.05) is 15.4 Å². The van der Waals surface area contributed by atoms with Crippen molar-refractivity contribution < 1.29 is 17.4 Å². The Balaban J connectivity index is 1.91. The number of hydrogen-bond acceptors (Lipinski definition) is 6. The molecule has 128 valence electrons. The van der Waals surface area contributed by atoms with Gasteiger partial charge in [-0.25, -0.2) is 4.98 Å². The van der Waals surface area contributed by atoms with Crippen LogP contribution in [0.5, 0.6) is 5.75 Å². The summed E-state index contributed by atoms with van der Waals surface area (Å²) in [6, 6.07) is 13.2. The zero-order valence-electron chi connectivity index (χ0n) is 12.5. The number of carbonyl (C=O) groups excluding carboxylic acids is 1. The second-order valence-corrected chi connectivity index (χ2v) is 8.16. The number of aromatic nitrogens is 1. The topological polar surface area (TPSA) is 99.4 Å². The van der Waals surface area contributed by atoms with Gasteiger partial charge >= 0.3 is 10.1 Å². The molecule has 2 N–H and O–H groups in total. The number of hydrogen-bond donors (Lipinski definition) is 1. The smallest absolute Gasteiger partial charge is 0.357 e. The van der Waals surface area contributed by atoms with E-state index >= 15 is 0 Å². The number of primary amides is 1. The van der Waals surface area contributed by atoms with Gasteiger partial charge in [-0.15, -0.1) is 11.3 Å². The highest BCUT2D eigenvalue weighted by Crippen LogP contribution is 2.29. The van der Waals surface area contributed by atoms with Gasteiger partial charge in [-0.3, -0.25) is 4.79 Å². The fourth-order valence-corrected chi connectivity index (χ4v) is 4.30. The molecule has 0 aliphatic carbocycles. The highest BCUT2D eigenvalue weighted by atomic mass is 79.9. The van der Waals surface area contributed by atoms with Crippen LogP contribution in [0.3, 0.4) is 0 Å². The third-order valence-electron chi connectivity index (χ3n) is 3.18. The fourth-order valence-electron chi connectivity index (χ4n) is 2.00. The molecule has 0 unspecified atom stereocenters. The van der Waals surface area contributed by atoms with Crippen LogP contribution in [0.4, 0.5) is 0 Å². The minimum absolute atomic E-state index is 0.0190. The first-order valence-electron chi connectivity index (χ1n) is 6.91. The van der Waals surface area contributed by atoms with Crippen LogP contribution in [0.2, 0.25) is 0 Å². The van der Waals surface area contributed by atoms with E-state index in [9.17, 15) is 13.2 Å². The maximum Gasteiger partial charge on any atom is 0.357 e. The maximum absolute atomic E-state index is 12.4. The predicted molar refractivity (Wildman–Crippen MR) is 98.0 cm³/mol. The second kappa shape index (κ2) is 6.95. The normalized spacial score (nSPS) is 11.2. The summed E-state index contributed by atoms with van der Waals surface area (Å²) in [6.45, 7) is 0. The summed E-state index contributed by atoms with van der Waals surface area (Å²) in [7, 11) is -4.18. The number of rotatable bonds is 5. The molecule has 1 aromatic heterocycles. The summed E-state index contributed by atoms with van der Waals surface area (Å²) in [5.41, 5.74) is 6.00. The molecular formula is C16H11BrN2O4S2. The minimum Gasteiger partial charge on any atom is -0.377 e. The quantitative estimate of drug-likeness (QED) is 0.614. The van der Waals surface area contributed by atoms with E-state index in [1.807, 2.05) is 24.3 Å². The SMILES string of the molecule is NC(=O)c1ccccc1OS(=O)(=O)c1csc(-c2ccc(Br)cc2)n1. The number of para-hydroxylation sites is 1. The first-order chi connectivity index (χ1) is 11.9. The van der Waals surface area contributed by atoms with E-state index in [2.05, 4.69) is 20.9 Å². The molecule has 6 nitrogen and oxygen atoms in total. The third-order valence-corrected chi connectivity index (χ3v) is 5.87. The number of benzene rings is 2. The molecule has 9 heteroatoms. The van der Waals surface area contributed by atoms with E-state index in [0.29, 0.717) is 5.01 Å². The van der Waals surface area contributed by atoms with Gasteiger partial charge in [-0.05, 0) is 24.3 Å². The highest BCUT2D eigenvalue weighted by molar-refractivity contribution is 9.10. The van der Waals surface area contributed by atoms with E-state index in [-0.39, 0.29) is 16.3 Å². The summed E-state index contributed by atoms with van der Waals surface area (Å²) < 4.78 is 30.8. The maximum atomic E-state index is 12.4. The van der Waals surface area contributed by atoms with Gasteiger partial charge < -0.3 is 9.92 Å². The van der Waals surface area contributed by atoms with Crippen LogP contribution in [0.25, 0.3) is 10.6 Å². The zero-order chi connectivity index (χ0) is 18.0. The van der Waals surface area contributed by atoms with Crippen LogP contribution in [-0.4, -0.2) is 19.3 Å². The molecule has 0 bridgehead atoms. The summed E-state index contributed by atoms with van der Waals surface area (Å²) >= 11 is 4.52. The Morgan fingerprint density at radius 2 is 1.80 bits per heavy atom. The Morgan fingerprint density at radius 3 is 2.48 bits per heavy atom. The Morgan fingerprint density at radius 1 is 1.12 bits per heavy atom. The highest BCUT2D eigenvalue weighted by Gasteiger charge is 2.23. The summed E-state index contributed by atoms with van der Waals surface area (Å²) in [5.74, 6) is -0.909. The number of nitrogens with two attached hydrogens (primary N) is 1. The molecule has 1 heterocycles. The lowest BCUT2D eigenvalue weighted by atomic mass is 10.2. The summed E-state index contributed by atoms with van der Waals surface area (Å²) in [6.07, 6.45) is 0. The van der Waals surface area contributed by atoms with E-state index in [1.165, 1.54) is 28.8 Å². The predicted octanol–water partition coefficient (Wildman–Crippen LogP) is 3.44. The van der Waals surface area contributed by atoms with Crippen molar-refractivity contribution in [3.05, 3.63) is 63.9 Å². The number of thiazole rings is 1. The molecule has 0 saturated heterocycles. The summed E-state index contributed by atoms with van der Waals surface area (Å²) in [4.78, 5) is 15.5. The molecule has 0 aliphatic rings. The van der Waals surface area contributed by atoms with Crippen LogP contribution in [-0.2, 0) is 10.1 Å². The van der Waals surface area contributed by atoms with E-state index in [4.69, 9.17) is 9.92 Å². The van der Waals surface area contributed by atoms with E-state index < -0.39 is 16.0 Å². The lowest BCUT2D eigenvalue weighted by Crippen LogP contribution is -2.16. The lowest BCUT2D eigenvalue weighted by molar-refractivity contribution is 0.0999. The van der Waals surface area contributed by atoms with Crippen molar-refractivity contribution in [2.75, 3.05) is 0 Å². The molecule has 2 aromatic carbocycles. The van der Waals surface area contributed by atoms with Gasteiger partial charge in [0.1, 0.15) is 5.01 Å². The lowest BCUT2D eigenvalue weighted by Gasteiger charge is -2.07. The van der Waals surface area contributed by atoms with Crippen molar-refractivity contribution in [1.82, 2.24) is 4.98 Å². The molecule has 0 radical (unpaired) electrons. The van der Waals surface area contributed by atoms with Gasteiger partial charge in [-0.2, -0.15) is 8.42 Å². The zero-order valence-corrected chi connectivity index (χ0v) is 15.8. The molecule has 3 aromatic rings. The Labute approximate surface area is 156 Å². The molecule has 0 fully saturated rings. The van der Waals surface area contributed by atoms with Crippen LogP contribution in [0.15, 0.2) is 63.4 Å². The summed E-state index contributed by atoms with van der Waals surface area (Å²) in [5, 5.41) is 1.70. The van der Waals surface area contributed by atoms with Crippen LogP contribution >= 0.6 is 27.3 Å². The Kier molecular flexibility index (Phi) is 4.89. The number of amides is 1. The Bertz CT molecular complexity index is 1030. The van der Waals surface area contributed by atoms with E-state index in [0.717, 1.165) is 10.0 Å². The standard InChI is InChI=1S/C16H11BrN2O4S2/c17-11-7-5-10(6-8-11)16-19-14(9-24-16)25(21,22)23-13-4-2-1-3-12(13)15(18)20/h1-9H,(H2,18,20). The number of halogens is 1. The van der Waals surface area contributed by atoms with Gasteiger partial charge in [-0.1, -0.05) is 40.2 Å². The fraction of sp³-hybridized carbons (Fsp3) is 0. The second-order valence-electron chi connectivity index (χ2n) is 4.90. The molecule has 1 amide bonds. The average Bonchev–Trinajstić information content (AvgIpc) is 3.06.